The van der Waals surface area contributed by atoms with Crippen LogP contribution in [0.1, 0.15) is 58.6 Å². The van der Waals surface area contributed by atoms with Gasteiger partial charge >= 0.3 is 6.09 Å². The molecule has 44 heavy (non-hydrogen) atoms. The fourth-order valence-electron chi connectivity index (χ4n) is 5.03. The Morgan fingerprint density at radius 1 is 1.14 bits per heavy atom. The summed E-state index contributed by atoms with van der Waals surface area (Å²) in [6, 6.07) is 15.1. The van der Waals surface area contributed by atoms with Crippen molar-refractivity contribution in [3.63, 3.8) is 0 Å². The topological polar surface area (TPSA) is 87.1 Å². The second-order valence-corrected chi connectivity index (χ2v) is 15.2. The van der Waals surface area contributed by atoms with Crippen molar-refractivity contribution in [1.29, 1.82) is 0 Å². The zero-order chi connectivity index (χ0) is 32.4. The van der Waals surface area contributed by atoms with E-state index in [4.69, 9.17) is 32.7 Å². The van der Waals surface area contributed by atoms with Gasteiger partial charge in [-0.05, 0) is 63.4 Å². The molecule has 1 aliphatic heterocycles. The van der Waals surface area contributed by atoms with Gasteiger partial charge in [0.15, 0.2) is 0 Å². The molecule has 0 radical (unpaired) electrons. The van der Waals surface area contributed by atoms with Crippen LogP contribution in [-0.4, -0.2) is 64.7 Å². The molecule has 1 fully saturated rings. The number of piperazine rings is 1. The number of carbonyl (C=O) groups is 1. The SMILES string of the molecule is CC(C)c1ccccc1NP(C)(=O)N=C(c1cc(Cl)c(-c2ccccc2F)nc1Cl)N1CCN(C(=O)OC(C)(C)C)C[C@@H]1C. The molecule has 0 saturated carbocycles. The first-order valence-corrected chi connectivity index (χ1v) is 17.3. The average Bonchev–Trinajstić information content (AvgIpc) is 2.92. The van der Waals surface area contributed by atoms with E-state index in [9.17, 15) is 13.8 Å². The third kappa shape index (κ3) is 8.12. The quantitative estimate of drug-likeness (QED) is 0.123. The Morgan fingerprint density at radius 2 is 1.80 bits per heavy atom. The van der Waals surface area contributed by atoms with Gasteiger partial charge in [-0.25, -0.2) is 14.2 Å². The standard InChI is InChI=1S/C32H39Cl2FN5O3P/c1-20(2)22-12-9-11-15-27(22)37-44(7,42)38-30(40-17-16-39(19-21(40)3)31(41)43-32(4,5)6)24-18-25(33)28(36-29(24)34)23-13-8-10-14-26(23)35/h8-15,18,20-21H,16-17,19H2,1-7H3,(H,37,42)/t21-,44?/m0/s1. The van der Waals surface area contributed by atoms with Gasteiger partial charge in [-0.15, -0.1) is 0 Å². The molecule has 1 saturated heterocycles. The van der Waals surface area contributed by atoms with Gasteiger partial charge in [0.05, 0.1) is 16.3 Å². The zero-order valence-electron chi connectivity index (χ0n) is 26.1. The highest BCUT2D eigenvalue weighted by Gasteiger charge is 2.34. The molecule has 2 heterocycles. The third-order valence-electron chi connectivity index (χ3n) is 7.05. The molecule has 2 aromatic carbocycles. The first-order valence-electron chi connectivity index (χ1n) is 14.5. The minimum Gasteiger partial charge on any atom is -0.444 e. The van der Waals surface area contributed by atoms with Crippen LogP contribution in [-0.2, 0) is 9.30 Å². The van der Waals surface area contributed by atoms with Gasteiger partial charge in [-0.2, -0.15) is 4.76 Å². The van der Waals surface area contributed by atoms with E-state index in [1.165, 1.54) is 6.07 Å². The number of amides is 1. The Balaban J connectivity index is 1.78. The van der Waals surface area contributed by atoms with Crippen molar-refractivity contribution in [2.24, 2.45) is 4.76 Å². The zero-order valence-corrected chi connectivity index (χ0v) is 28.5. The molecule has 1 aromatic heterocycles. The number of anilines is 1. The first-order chi connectivity index (χ1) is 20.6. The number of para-hydroxylation sites is 1. The number of hydrogen-bond acceptors (Lipinski definition) is 4. The van der Waals surface area contributed by atoms with Gasteiger partial charge in [0.2, 0.25) is 0 Å². The summed E-state index contributed by atoms with van der Waals surface area (Å²) in [4.78, 5) is 20.9. The molecule has 2 atom stereocenters. The molecular weight excluding hydrogens is 623 g/mol. The van der Waals surface area contributed by atoms with Crippen molar-refractivity contribution in [3.8, 4) is 11.3 Å². The van der Waals surface area contributed by atoms with E-state index in [1.54, 1.807) is 35.8 Å². The number of carbonyl (C=O) groups excluding carboxylic acids is 1. The number of ether oxygens (including phenoxy) is 1. The van der Waals surface area contributed by atoms with Crippen molar-refractivity contribution in [3.05, 3.63) is 81.7 Å². The van der Waals surface area contributed by atoms with Crippen LogP contribution >= 0.6 is 30.6 Å². The summed E-state index contributed by atoms with van der Waals surface area (Å²) in [6.45, 7) is 14.1. The molecule has 8 nitrogen and oxygen atoms in total. The van der Waals surface area contributed by atoms with Gasteiger partial charge in [0, 0.05) is 43.6 Å². The summed E-state index contributed by atoms with van der Waals surface area (Å²) in [6.07, 6.45) is -0.410. The van der Waals surface area contributed by atoms with Gasteiger partial charge in [0.1, 0.15) is 22.4 Å². The normalized spacial score (nSPS) is 17.4. The smallest absolute Gasteiger partial charge is 0.410 e. The van der Waals surface area contributed by atoms with E-state index < -0.39 is 25.0 Å². The Morgan fingerprint density at radius 3 is 2.43 bits per heavy atom. The molecular formula is C32H39Cl2FN5O3P. The summed E-state index contributed by atoms with van der Waals surface area (Å²) >= 11 is 13.5. The molecule has 1 aliphatic rings. The number of nitrogens with zero attached hydrogens (tertiary/aromatic N) is 4. The Bertz CT molecular complexity index is 1610. The summed E-state index contributed by atoms with van der Waals surface area (Å²) in [5.74, 6) is 0.00485. The molecule has 1 amide bonds. The number of halogens is 3. The van der Waals surface area contributed by atoms with Crippen LogP contribution < -0.4 is 5.09 Å². The van der Waals surface area contributed by atoms with E-state index in [-0.39, 0.29) is 33.4 Å². The van der Waals surface area contributed by atoms with E-state index in [0.29, 0.717) is 31.0 Å². The van der Waals surface area contributed by atoms with Crippen molar-refractivity contribution >= 4 is 48.3 Å². The maximum absolute atomic E-state index is 14.7. The molecule has 0 spiro atoms. The number of aromatic nitrogens is 1. The average molecular weight is 663 g/mol. The van der Waals surface area contributed by atoms with Crippen molar-refractivity contribution in [2.75, 3.05) is 31.4 Å². The molecule has 12 heteroatoms. The lowest BCUT2D eigenvalue weighted by Crippen LogP contribution is -2.56. The van der Waals surface area contributed by atoms with E-state index >= 15 is 0 Å². The van der Waals surface area contributed by atoms with E-state index in [2.05, 4.69) is 23.9 Å². The van der Waals surface area contributed by atoms with Crippen LogP contribution in [0.5, 0.6) is 0 Å². The lowest BCUT2D eigenvalue weighted by molar-refractivity contribution is 0.0134. The largest absolute Gasteiger partial charge is 0.444 e. The van der Waals surface area contributed by atoms with Crippen LogP contribution in [0, 0.1) is 5.82 Å². The van der Waals surface area contributed by atoms with Crippen LogP contribution in [0.4, 0.5) is 14.9 Å². The third-order valence-corrected chi connectivity index (χ3v) is 8.85. The van der Waals surface area contributed by atoms with Crippen molar-refractivity contribution in [1.82, 2.24) is 14.8 Å². The minimum absolute atomic E-state index is 0.0238. The molecule has 0 aliphatic carbocycles. The highest BCUT2D eigenvalue weighted by atomic mass is 35.5. The van der Waals surface area contributed by atoms with Crippen LogP contribution in [0.25, 0.3) is 11.3 Å². The van der Waals surface area contributed by atoms with Crippen molar-refractivity contribution < 1.29 is 18.5 Å². The number of benzene rings is 2. The maximum Gasteiger partial charge on any atom is 0.410 e. The second-order valence-electron chi connectivity index (χ2n) is 12.3. The van der Waals surface area contributed by atoms with Crippen LogP contribution in [0.15, 0.2) is 59.4 Å². The summed E-state index contributed by atoms with van der Waals surface area (Å²) in [7, 11) is -3.47. The fraction of sp³-hybridized carbons (Fsp3) is 0.406. The Hall–Kier alpha value is -3.13. The monoisotopic (exact) mass is 661 g/mol. The van der Waals surface area contributed by atoms with Crippen LogP contribution in [0.3, 0.4) is 0 Å². The summed E-state index contributed by atoms with van der Waals surface area (Å²) < 4.78 is 39.2. The predicted octanol–water partition coefficient (Wildman–Crippen LogP) is 8.94. The molecule has 0 bridgehead atoms. The number of rotatable bonds is 6. The number of pyridine rings is 1. The van der Waals surface area contributed by atoms with Crippen molar-refractivity contribution in [2.45, 2.75) is 59.1 Å². The number of amidine groups is 1. The summed E-state index contributed by atoms with van der Waals surface area (Å²) in [5, 5.41) is 3.35. The Labute approximate surface area is 269 Å². The Kier molecular flexibility index (Phi) is 10.3. The summed E-state index contributed by atoms with van der Waals surface area (Å²) in [5.41, 5.74) is 1.82. The maximum atomic E-state index is 14.7. The predicted molar refractivity (Wildman–Crippen MR) is 178 cm³/mol. The molecule has 4 rings (SSSR count). The molecule has 236 valence electrons. The highest BCUT2D eigenvalue weighted by molar-refractivity contribution is 7.63. The van der Waals surface area contributed by atoms with Gasteiger partial charge in [-0.1, -0.05) is 67.4 Å². The lowest BCUT2D eigenvalue weighted by atomic mass is 10.0. The first kappa shape index (κ1) is 33.8. The van der Waals surface area contributed by atoms with E-state index in [0.717, 1.165) is 11.3 Å². The van der Waals surface area contributed by atoms with Gasteiger partial charge in [-0.3, -0.25) is 4.57 Å². The van der Waals surface area contributed by atoms with E-state index in [1.807, 2.05) is 56.9 Å². The molecule has 1 unspecified atom stereocenters. The number of nitrogens with one attached hydrogen (secondary N) is 1. The highest BCUT2D eigenvalue weighted by Crippen LogP contribution is 2.46. The second kappa shape index (κ2) is 13.5. The van der Waals surface area contributed by atoms with Gasteiger partial charge < -0.3 is 19.6 Å². The fourth-order valence-corrected chi connectivity index (χ4v) is 6.79. The molecule has 3 aromatic rings. The molecule has 1 N–H and O–H groups in total. The number of hydrogen-bond donors (Lipinski definition) is 1. The lowest BCUT2D eigenvalue weighted by Gasteiger charge is -2.42. The van der Waals surface area contributed by atoms with Crippen LogP contribution in [0.2, 0.25) is 10.2 Å². The minimum atomic E-state index is -3.47. The van der Waals surface area contributed by atoms with Gasteiger partial charge in [0.25, 0.3) is 7.44 Å².